The maximum atomic E-state index is 13.4. The third-order valence-electron chi connectivity index (χ3n) is 6.74. The first kappa shape index (κ1) is 28.0. The van der Waals surface area contributed by atoms with E-state index in [1.807, 2.05) is 18.2 Å². The van der Waals surface area contributed by atoms with E-state index in [1.54, 1.807) is 13.8 Å². The van der Waals surface area contributed by atoms with Gasteiger partial charge in [0, 0.05) is 38.5 Å². The van der Waals surface area contributed by atoms with E-state index in [2.05, 4.69) is 15.5 Å². The number of nitrogens with two attached hydrogens (primary N) is 1. The molecule has 0 spiro atoms. The van der Waals surface area contributed by atoms with Crippen LogP contribution in [0, 0.1) is 11.8 Å². The summed E-state index contributed by atoms with van der Waals surface area (Å²) in [7, 11) is 0. The van der Waals surface area contributed by atoms with Gasteiger partial charge in [-0.25, -0.2) is 0 Å². The number of carbonyl (C=O) groups excluding carboxylic acids is 3. The number of amides is 1. The summed E-state index contributed by atoms with van der Waals surface area (Å²) in [5, 5.41) is 16.4. The summed E-state index contributed by atoms with van der Waals surface area (Å²) in [4.78, 5) is 41.0. The summed E-state index contributed by atoms with van der Waals surface area (Å²) in [6, 6.07) is 4.60. The van der Waals surface area contributed by atoms with Gasteiger partial charge in [-0.15, -0.1) is 0 Å². The molecular formula is C26H40N4O6. The number of fused-ring (bicyclic) bond motifs is 1. The maximum absolute atomic E-state index is 13.4. The van der Waals surface area contributed by atoms with E-state index < -0.39 is 30.0 Å². The van der Waals surface area contributed by atoms with E-state index in [-0.39, 0.29) is 30.4 Å². The smallest absolute Gasteiger partial charge is 0.226 e. The first-order valence-corrected chi connectivity index (χ1v) is 12.8. The van der Waals surface area contributed by atoms with Gasteiger partial charge >= 0.3 is 0 Å². The van der Waals surface area contributed by atoms with Crippen LogP contribution < -0.4 is 25.8 Å². The molecule has 1 aromatic carbocycles. The van der Waals surface area contributed by atoms with Gasteiger partial charge in [0.15, 0.2) is 23.1 Å². The topological polar surface area (TPSA) is 143 Å². The molecule has 0 bridgehead atoms. The summed E-state index contributed by atoms with van der Waals surface area (Å²) >= 11 is 0. The number of Topliss-reactive ketones (excluding diaryl/α,β-unsaturated/α-hetero) is 2. The lowest BCUT2D eigenvalue weighted by molar-refractivity contribution is -0.137. The highest BCUT2D eigenvalue weighted by Crippen LogP contribution is 2.31. The van der Waals surface area contributed by atoms with E-state index >= 15 is 0 Å². The van der Waals surface area contributed by atoms with E-state index in [1.165, 1.54) is 6.92 Å². The van der Waals surface area contributed by atoms with Gasteiger partial charge in [0.05, 0.1) is 24.1 Å². The fourth-order valence-corrected chi connectivity index (χ4v) is 4.64. The van der Waals surface area contributed by atoms with Gasteiger partial charge in [-0.1, -0.05) is 19.9 Å². The molecule has 0 saturated carbocycles. The summed E-state index contributed by atoms with van der Waals surface area (Å²) in [5.41, 5.74) is 6.64. The van der Waals surface area contributed by atoms with Crippen LogP contribution in [0.5, 0.6) is 11.5 Å². The Morgan fingerprint density at radius 3 is 2.58 bits per heavy atom. The van der Waals surface area contributed by atoms with Crippen molar-refractivity contribution in [3.63, 3.8) is 0 Å². The van der Waals surface area contributed by atoms with Crippen molar-refractivity contribution in [2.24, 2.45) is 17.6 Å². The number of hydrogen-bond donors (Lipinski definition) is 4. The highest BCUT2D eigenvalue weighted by molar-refractivity contribution is 5.93. The van der Waals surface area contributed by atoms with Crippen LogP contribution in [0.25, 0.3) is 0 Å². The first-order chi connectivity index (χ1) is 17.2. The molecular weight excluding hydrogens is 464 g/mol. The van der Waals surface area contributed by atoms with Crippen molar-refractivity contribution in [3.8, 4) is 11.5 Å². The Hall–Kier alpha value is -2.53. The Morgan fingerprint density at radius 1 is 1.19 bits per heavy atom. The molecule has 36 heavy (non-hydrogen) atoms. The molecule has 3 rings (SSSR count). The first-order valence-electron chi connectivity index (χ1n) is 12.8. The number of hydrogen-bond acceptors (Lipinski definition) is 9. The number of aliphatic hydroxyl groups is 1. The van der Waals surface area contributed by atoms with Crippen molar-refractivity contribution in [2.75, 3.05) is 39.4 Å². The normalized spacial score (nSPS) is 20.4. The number of carbonyl (C=O) groups is 3. The second-order valence-electron chi connectivity index (χ2n) is 9.88. The molecule has 4 atom stereocenters. The van der Waals surface area contributed by atoms with Crippen molar-refractivity contribution in [2.45, 2.75) is 58.3 Å². The van der Waals surface area contributed by atoms with Crippen LogP contribution in [-0.4, -0.2) is 85.1 Å². The van der Waals surface area contributed by atoms with Gasteiger partial charge in [-0.3, -0.25) is 19.3 Å². The molecule has 1 saturated heterocycles. The molecule has 0 aromatic heterocycles. The number of ketones is 2. The largest absolute Gasteiger partial charge is 0.486 e. The predicted octanol–water partition coefficient (Wildman–Crippen LogP) is 0.247. The van der Waals surface area contributed by atoms with Gasteiger partial charge < -0.3 is 30.9 Å². The van der Waals surface area contributed by atoms with Crippen LogP contribution in [-0.2, 0) is 20.9 Å². The van der Waals surface area contributed by atoms with Gasteiger partial charge in [0.25, 0.3) is 0 Å². The quantitative estimate of drug-likeness (QED) is 0.315. The molecule has 1 fully saturated rings. The molecule has 1 amide bonds. The Morgan fingerprint density at radius 2 is 1.92 bits per heavy atom. The second-order valence-corrected chi connectivity index (χ2v) is 9.88. The number of aliphatic hydroxyl groups excluding tert-OH is 1. The molecule has 0 aliphatic carbocycles. The third kappa shape index (κ3) is 7.25. The highest BCUT2D eigenvalue weighted by atomic mass is 16.6. The number of nitrogens with one attached hydrogen (secondary N) is 2. The second kappa shape index (κ2) is 13.1. The molecule has 10 heteroatoms. The van der Waals surface area contributed by atoms with Gasteiger partial charge in [-0.2, -0.15) is 0 Å². The van der Waals surface area contributed by atoms with Crippen molar-refractivity contribution < 1.29 is 29.0 Å². The summed E-state index contributed by atoms with van der Waals surface area (Å²) in [6.07, 6.45) is -0.873. The highest BCUT2D eigenvalue weighted by Gasteiger charge is 2.35. The summed E-state index contributed by atoms with van der Waals surface area (Å²) in [6.45, 7) is 8.70. The number of rotatable bonds is 12. The van der Waals surface area contributed by atoms with E-state index in [0.29, 0.717) is 50.8 Å². The minimum atomic E-state index is -1.05. The minimum absolute atomic E-state index is 0.119. The Balaban J connectivity index is 1.68. The lowest BCUT2D eigenvalue weighted by Crippen LogP contribution is -2.55. The predicted molar refractivity (Wildman–Crippen MR) is 135 cm³/mol. The van der Waals surface area contributed by atoms with E-state index in [4.69, 9.17) is 15.2 Å². The fraction of sp³-hybridized carbons (Fsp3) is 0.654. The lowest BCUT2D eigenvalue weighted by Gasteiger charge is -2.36. The monoisotopic (exact) mass is 504 g/mol. The van der Waals surface area contributed by atoms with Crippen molar-refractivity contribution in [1.82, 2.24) is 15.5 Å². The zero-order chi connectivity index (χ0) is 26.2. The van der Waals surface area contributed by atoms with Crippen molar-refractivity contribution in [3.05, 3.63) is 23.8 Å². The average Bonchev–Trinajstić information content (AvgIpc) is 2.86. The Kier molecular flexibility index (Phi) is 10.2. The van der Waals surface area contributed by atoms with E-state index in [9.17, 15) is 19.5 Å². The SMILES string of the molecule is CC(C)C(=O)[C@H](CCN)NC(=O)[C@@H](CC(=O)[C@@H]1CNCCN1Cc1ccc2c(c1)OCCO2)[C@H](C)O. The maximum Gasteiger partial charge on any atom is 0.226 e. The number of nitrogens with zero attached hydrogens (tertiary/aromatic N) is 1. The Labute approximate surface area is 212 Å². The molecule has 10 nitrogen and oxygen atoms in total. The summed E-state index contributed by atoms with van der Waals surface area (Å²) < 4.78 is 11.3. The van der Waals surface area contributed by atoms with Gasteiger partial charge in [0.1, 0.15) is 13.2 Å². The van der Waals surface area contributed by atoms with Crippen LogP contribution in [0.4, 0.5) is 0 Å². The zero-order valence-electron chi connectivity index (χ0n) is 21.5. The molecule has 2 aliphatic heterocycles. The van der Waals surface area contributed by atoms with Crippen molar-refractivity contribution >= 4 is 17.5 Å². The number of piperazine rings is 1. The van der Waals surface area contributed by atoms with E-state index in [0.717, 1.165) is 12.1 Å². The number of benzene rings is 1. The van der Waals surface area contributed by atoms with Crippen LogP contribution in [0.3, 0.4) is 0 Å². The molecule has 200 valence electrons. The standard InChI is InChI=1S/C26H40N4O6/c1-16(2)25(33)20(6-7-27)29-26(34)19(17(3)31)13-22(32)21-14-28-8-9-30(21)15-18-4-5-23-24(12-18)36-11-10-35-23/h4-5,12,16-17,19-21,28,31H,6-11,13-15,27H2,1-3H3,(H,29,34)/t17-,19-,20-,21-/m0/s1. The minimum Gasteiger partial charge on any atom is -0.486 e. The molecule has 0 unspecified atom stereocenters. The van der Waals surface area contributed by atoms with Gasteiger partial charge in [0.2, 0.25) is 5.91 Å². The van der Waals surface area contributed by atoms with Crippen LogP contribution in [0.1, 0.15) is 39.2 Å². The van der Waals surface area contributed by atoms with Crippen molar-refractivity contribution in [1.29, 1.82) is 0 Å². The Bertz CT molecular complexity index is 922. The fourth-order valence-electron chi connectivity index (χ4n) is 4.64. The van der Waals surface area contributed by atoms with Gasteiger partial charge in [-0.05, 0) is 37.6 Å². The number of ether oxygens (including phenoxy) is 2. The average molecular weight is 505 g/mol. The zero-order valence-corrected chi connectivity index (χ0v) is 21.5. The summed E-state index contributed by atoms with van der Waals surface area (Å²) in [5.74, 6) is -0.573. The third-order valence-corrected chi connectivity index (χ3v) is 6.74. The lowest BCUT2D eigenvalue weighted by atomic mass is 9.91. The molecule has 2 aliphatic rings. The molecule has 0 radical (unpaired) electrons. The van der Waals surface area contributed by atoms with Crippen LogP contribution >= 0.6 is 0 Å². The molecule has 5 N–H and O–H groups in total. The molecule has 2 heterocycles. The molecule has 1 aromatic rings. The van der Waals surface area contributed by atoms with Crippen LogP contribution in [0.15, 0.2) is 18.2 Å². The van der Waals surface area contributed by atoms with Crippen LogP contribution in [0.2, 0.25) is 0 Å².